The molecule has 0 amide bonds. The van der Waals surface area contributed by atoms with E-state index < -0.39 is 0 Å². The fraction of sp³-hybridized carbons (Fsp3) is 0.667. The van der Waals surface area contributed by atoms with Gasteiger partial charge in [-0.25, -0.2) is 0 Å². The van der Waals surface area contributed by atoms with Crippen molar-refractivity contribution >= 4 is 5.97 Å². The second-order valence-electron chi connectivity index (χ2n) is 2.98. The lowest BCUT2D eigenvalue weighted by molar-refractivity contribution is -0.145. The number of carbonyl (C=O) groups is 1. The van der Waals surface area contributed by atoms with E-state index in [-0.39, 0.29) is 12.1 Å². The van der Waals surface area contributed by atoms with Crippen molar-refractivity contribution in [1.29, 1.82) is 0 Å². The van der Waals surface area contributed by atoms with Crippen LogP contribution >= 0.6 is 0 Å². The first-order valence-corrected chi connectivity index (χ1v) is 4.04. The highest BCUT2D eigenvalue weighted by molar-refractivity contribution is 5.66. The van der Waals surface area contributed by atoms with Gasteiger partial charge in [-0.1, -0.05) is 6.08 Å². The molecule has 1 rings (SSSR count). The zero-order chi connectivity index (χ0) is 8.27. The van der Waals surface area contributed by atoms with Gasteiger partial charge in [0.15, 0.2) is 0 Å². The maximum Gasteiger partial charge on any atom is 0.303 e. The van der Waals surface area contributed by atoms with Crippen molar-refractivity contribution < 1.29 is 9.53 Å². The topological polar surface area (TPSA) is 26.3 Å². The second kappa shape index (κ2) is 3.56. The first-order valence-electron chi connectivity index (χ1n) is 4.04. The van der Waals surface area contributed by atoms with Gasteiger partial charge in [0.2, 0.25) is 0 Å². The molecule has 1 unspecified atom stereocenters. The SMILES string of the molecule is CC(=O)OC1CCCC=C1C. The molecule has 1 atom stereocenters. The Hall–Kier alpha value is -0.790. The molecule has 0 heterocycles. The van der Waals surface area contributed by atoms with Crippen molar-refractivity contribution in [2.75, 3.05) is 0 Å². The first-order chi connectivity index (χ1) is 5.20. The smallest absolute Gasteiger partial charge is 0.303 e. The van der Waals surface area contributed by atoms with Gasteiger partial charge in [0.1, 0.15) is 6.10 Å². The Morgan fingerprint density at radius 1 is 1.73 bits per heavy atom. The minimum atomic E-state index is -0.176. The molecular formula is C9H14O2. The van der Waals surface area contributed by atoms with Crippen LogP contribution in [0.4, 0.5) is 0 Å². The molecular weight excluding hydrogens is 140 g/mol. The molecule has 62 valence electrons. The summed E-state index contributed by atoms with van der Waals surface area (Å²) in [5.41, 5.74) is 1.20. The molecule has 2 heteroatoms. The summed E-state index contributed by atoms with van der Waals surface area (Å²) in [6, 6.07) is 0. The summed E-state index contributed by atoms with van der Waals surface area (Å²) < 4.78 is 5.10. The average molecular weight is 154 g/mol. The van der Waals surface area contributed by atoms with E-state index in [1.54, 1.807) is 0 Å². The predicted octanol–water partition coefficient (Wildman–Crippen LogP) is 2.05. The molecule has 0 aliphatic heterocycles. The second-order valence-corrected chi connectivity index (χ2v) is 2.98. The van der Waals surface area contributed by atoms with Crippen LogP contribution in [0.3, 0.4) is 0 Å². The quantitative estimate of drug-likeness (QED) is 0.427. The van der Waals surface area contributed by atoms with Gasteiger partial charge in [-0.3, -0.25) is 4.79 Å². The number of ether oxygens (including phenoxy) is 1. The molecule has 0 bridgehead atoms. The molecule has 0 N–H and O–H groups in total. The van der Waals surface area contributed by atoms with Crippen LogP contribution in [0.5, 0.6) is 0 Å². The molecule has 0 saturated heterocycles. The zero-order valence-corrected chi connectivity index (χ0v) is 7.09. The van der Waals surface area contributed by atoms with E-state index in [1.807, 2.05) is 6.92 Å². The van der Waals surface area contributed by atoms with E-state index >= 15 is 0 Å². The van der Waals surface area contributed by atoms with Gasteiger partial charge in [-0.2, -0.15) is 0 Å². The minimum Gasteiger partial charge on any atom is -0.458 e. The lowest BCUT2D eigenvalue weighted by Gasteiger charge is -2.20. The summed E-state index contributed by atoms with van der Waals surface area (Å²) in [4.78, 5) is 10.6. The molecule has 2 nitrogen and oxygen atoms in total. The normalized spacial score (nSPS) is 24.2. The van der Waals surface area contributed by atoms with Crippen LogP contribution in [-0.4, -0.2) is 12.1 Å². The minimum absolute atomic E-state index is 0.0567. The Bertz CT molecular complexity index is 182. The summed E-state index contributed by atoms with van der Waals surface area (Å²) in [7, 11) is 0. The lowest BCUT2D eigenvalue weighted by atomic mass is 9.98. The summed E-state index contributed by atoms with van der Waals surface area (Å²) in [6.07, 6.45) is 5.46. The number of esters is 1. The number of allylic oxidation sites excluding steroid dienone is 1. The standard InChI is InChI=1S/C9H14O2/c1-7-5-3-4-6-9(7)11-8(2)10/h5,9H,3-4,6H2,1-2H3. The van der Waals surface area contributed by atoms with Crippen molar-refractivity contribution in [2.24, 2.45) is 0 Å². The summed E-state index contributed by atoms with van der Waals surface area (Å²) in [5.74, 6) is -0.176. The highest BCUT2D eigenvalue weighted by atomic mass is 16.5. The molecule has 0 fully saturated rings. The van der Waals surface area contributed by atoms with Crippen LogP contribution in [0.2, 0.25) is 0 Å². The number of hydrogen-bond acceptors (Lipinski definition) is 2. The fourth-order valence-electron chi connectivity index (χ4n) is 1.34. The third-order valence-electron chi connectivity index (χ3n) is 1.95. The lowest BCUT2D eigenvalue weighted by Crippen LogP contribution is -2.19. The third-order valence-corrected chi connectivity index (χ3v) is 1.95. The highest BCUT2D eigenvalue weighted by Crippen LogP contribution is 2.20. The predicted molar refractivity (Wildman–Crippen MR) is 43.2 cm³/mol. The Kier molecular flexibility index (Phi) is 2.69. The molecule has 0 saturated carbocycles. The Morgan fingerprint density at radius 3 is 3.00 bits per heavy atom. The van der Waals surface area contributed by atoms with E-state index in [2.05, 4.69) is 6.08 Å². The number of hydrogen-bond donors (Lipinski definition) is 0. The molecule has 1 aliphatic carbocycles. The molecule has 0 radical (unpaired) electrons. The number of carbonyl (C=O) groups excluding carboxylic acids is 1. The Balaban J connectivity index is 2.50. The molecule has 0 aromatic heterocycles. The maximum absolute atomic E-state index is 10.6. The van der Waals surface area contributed by atoms with Crippen molar-refractivity contribution in [2.45, 2.75) is 39.2 Å². The van der Waals surface area contributed by atoms with E-state index in [4.69, 9.17) is 4.74 Å². The van der Waals surface area contributed by atoms with Gasteiger partial charge in [-0.15, -0.1) is 0 Å². The molecule has 11 heavy (non-hydrogen) atoms. The van der Waals surface area contributed by atoms with Gasteiger partial charge >= 0.3 is 5.97 Å². The fourth-order valence-corrected chi connectivity index (χ4v) is 1.34. The van der Waals surface area contributed by atoms with Gasteiger partial charge in [0.05, 0.1) is 0 Å². The van der Waals surface area contributed by atoms with E-state index in [1.165, 1.54) is 12.5 Å². The van der Waals surface area contributed by atoms with E-state index in [0.717, 1.165) is 19.3 Å². The van der Waals surface area contributed by atoms with Gasteiger partial charge in [-0.05, 0) is 31.8 Å². The Labute approximate surface area is 67.2 Å². The van der Waals surface area contributed by atoms with Crippen LogP contribution in [0.15, 0.2) is 11.6 Å². The van der Waals surface area contributed by atoms with Gasteiger partial charge in [0.25, 0.3) is 0 Å². The van der Waals surface area contributed by atoms with Gasteiger partial charge < -0.3 is 4.74 Å². The molecule has 0 spiro atoms. The summed E-state index contributed by atoms with van der Waals surface area (Å²) >= 11 is 0. The average Bonchev–Trinajstić information content (AvgIpc) is 1.93. The maximum atomic E-state index is 10.6. The molecule has 0 aromatic carbocycles. The summed E-state index contributed by atoms with van der Waals surface area (Å²) in [5, 5.41) is 0. The van der Waals surface area contributed by atoms with E-state index in [9.17, 15) is 4.79 Å². The van der Waals surface area contributed by atoms with Crippen LogP contribution < -0.4 is 0 Å². The van der Waals surface area contributed by atoms with Crippen LogP contribution in [0, 0.1) is 0 Å². The molecule has 1 aliphatic rings. The first kappa shape index (κ1) is 8.31. The van der Waals surface area contributed by atoms with Crippen LogP contribution in [-0.2, 0) is 9.53 Å². The zero-order valence-electron chi connectivity index (χ0n) is 7.09. The van der Waals surface area contributed by atoms with Crippen LogP contribution in [0.25, 0.3) is 0 Å². The van der Waals surface area contributed by atoms with Crippen molar-refractivity contribution in [3.05, 3.63) is 11.6 Å². The van der Waals surface area contributed by atoms with Crippen molar-refractivity contribution in [1.82, 2.24) is 0 Å². The Morgan fingerprint density at radius 2 is 2.45 bits per heavy atom. The summed E-state index contributed by atoms with van der Waals surface area (Å²) in [6.45, 7) is 3.48. The largest absolute Gasteiger partial charge is 0.458 e. The van der Waals surface area contributed by atoms with Gasteiger partial charge in [0, 0.05) is 6.92 Å². The third kappa shape index (κ3) is 2.37. The highest BCUT2D eigenvalue weighted by Gasteiger charge is 2.16. The van der Waals surface area contributed by atoms with Crippen LogP contribution in [0.1, 0.15) is 33.1 Å². The van der Waals surface area contributed by atoms with Crippen molar-refractivity contribution in [3.63, 3.8) is 0 Å². The monoisotopic (exact) mass is 154 g/mol. The van der Waals surface area contributed by atoms with Crippen molar-refractivity contribution in [3.8, 4) is 0 Å². The van der Waals surface area contributed by atoms with E-state index in [0.29, 0.717) is 0 Å². The molecule has 0 aromatic rings. The number of rotatable bonds is 1.